The third-order valence-corrected chi connectivity index (χ3v) is 6.32. The van der Waals surface area contributed by atoms with Gasteiger partial charge < -0.3 is 0 Å². The molecule has 0 fully saturated rings. The molecule has 0 saturated heterocycles. The summed E-state index contributed by atoms with van der Waals surface area (Å²) in [5, 5.41) is 8.55. The number of pyridine rings is 1. The van der Waals surface area contributed by atoms with Gasteiger partial charge in [-0.3, -0.25) is 0 Å². The van der Waals surface area contributed by atoms with Gasteiger partial charge in [-0.2, -0.15) is 0 Å². The summed E-state index contributed by atoms with van der Waals surface area (Å²) in [6.45, 7) is 0. The van der Waals surface area contributed by atoms with Gasteiger partial charge in [0.1, 0.15) is 0 Å². The fourth-order valence-electron chi connectivity index (χ4n) is 4.33. The van der Waals surface area contributed by atoms with Crippen molar-refractivity contribution < 1.29 is 0 Å². The van der Waals surface area contributed by atoms with Crippen LogP contribution in [0.1, 0.15) is 0 Å². The number of rotatable bonds is 1. The molecule has 0 atom stereocenters. The van der Waals surface area contributed by atoms with E-state index in [0.717, 1.165) is 21.2 Å². The lowest BCUT2D eigenvalue weighted by Gasteiger charge is -2.14. The van der Waals surface area contributed by atoms with Gasteiger partial charge in [-0.15, -0.1) is 0 Å². The summed E-state index contributed by atoms with van der Waals surface area (Å²) >= 11 is 3.80. The van der Waals surface area contributed by atoms with Crippen LogP contribution in [0.25, 0.3) is 54.5 Å². The molecule has 2 heteroatoms. The Hall–Kier alpha value is -3.23. The second-order valence-corrected chi connectivity index (χ2v) is 8.22. The molecule has 0 bridgehead atoms. The molecule has 0 spiro atoms. The van der Waals surface area contributed by atoms with Crippen LogP contribution in [-0.4, -0.2) is 4.98 Å². The second kappa shape index (κ2) is 6.40. The average Bonchev–Trinajstić information content (AvgIpc) is 2.78. The van der Waals surface area contributed by atoms with Crippen molar-refractivity contribution in [3.8, 4) is 11.3 Å². The van der Waals surface area contributed by atoms with Crippen LogP contribution in [0.2, 0.25) is 0 Å². The van der Waals surface area contributed by atoms with E-state index in [1.54, 1.807) is 0 Å². The molecule has 0 unspecified atom stereocenters. The summed E-state index contributed by atoms with van der Waals surface area (Å²) < 4.78 is 1.10. The van der Waals surface area contributed by atoms with Gasteiger partial charge in [0.05, 0.1) is 11.2 Å². The molecule has 1 heterocycles. The van der Waals surface area contributed by atoms with Gasteiger partial charge in [0, 0.05) is 26.2 Å². The Bertz CT molecular complexity index is 1550. The van der Waals surface area contributed by atoms with E-state index >= 15 is 0 Å². The van der Waals surface area contributed by atoms with Gasteiger partial charge >= 0.3 is 0 Å². The van der Waals surface area contributed by atoms with Crippen LogP contribution < -0.4 is 0 Å². The van der Waals surface area contributed by atoms with Crippen LogP contribution in [-0.2, 0) is 0 Å². The highest BCUT2D eigenvalue weighted by Gasteiger charge is 2.15. The molecule has 6 rings (SSSR count). The lowest BCUT2D eigenvalue weighted by Crippen LogP contribution is -1.92. The number of fused-ring (bicyclic) bond motifs is 6. The minimum atomic E-state index is 1.02. The first-order valence-corrected chi connectivity index (χ1v) is 10.5. The van der Waals surface area contributed by atoms with Crippen molar-refractivity contribution >= 4 is 59.2 Å². The molecule has 0 saturated carbocycles. The molecule has 0 amide bonds. The van der Waals surface area contributed by atoms with Crippen molar-refractivity contribution in [3.05, 3.63) is 102 Å². The molecule has 0 radical (unpaired) electrons. The first kappa shape index (κ1) is 16.7. The molecular formula is C27H16BrN. The molecule has 0 N–H and O–H groups in total. The number of nitrogens with zero attached hydrogens (tertiary/aromatic N) is 1. The van der Waals surface area contributed by atoms with Crippen molar-refractivity contribution in [1.82, 2.24) is 4.98 Å². The third kappa shape index (κ3) is 2.56. The monoisotopic (exact) mass is 433 g/mol. The van der Waals surface area contributed by atoms with Crippen molar-refractivity contribution in [2.45, 2.75) is 0 Å². The van der Waals surface area contributed by atoms with Gasteiger partial charge in [-0.25, -0.2) is 4.98 Å². The zero-order valence-electron chi connectivity index (χ0n) is 15.6. The molecule has 0 aliphatic carbocycles. The van der Waals surface area contributed by atoms with Crippen LogP contribution in [0.3, 0.4) is 0 Å². The Morgan fingerprint density at radius 3 is 2.00 bits per heavy atom. The number of hydrogen-bond donors (Lipinski definition) is 0. The summed E-state index contributed by atoms with van der Waals surface area (Å²) in [4.78, 5) is 5.15. The van der Waals surface area contributed by atoms with E-state index in [1.165, 1.54) is 37.7 Å². The maximum atomic E-state index is 5.15. The summed E-state index contributed by atoms with van der Waals surface area (Å²) in [6, 6.07) is 34.3. The molecule has 136 valence electrons. The highest BCUT2D eigenvalue weighted by atomic mass is 79.9. The Labute approximate surface area is 176 Å². The Kier molecular flexibility index (Phi) is 3.68. The quantitative estimate of drug-likeness (QED) is 0.188. The van der Waals surface area contributed by atoms with E-state index in [9.17, 15) is 0 Å². The SMILES string of the molecule is Brc1cc2c(-c3ccccc3)nc3cc4ccccc4cc3c2c2ccccc12. The highest BCUT2D eigenvalue weighted by Crippen LogP contribution is 2.40. The highest BCUT2D eigenvalue weighted by molar-refractivity contribution is 9.10. The smallest absolute Gasteiger partial charge is 0.0788 e. The van der Waals surface area contributed by atoms with E-state index < -0.39 is 0 Å². The number of hydrogen-bond acceptors (Lipinski definition) is 1. The minimum Gasteiger partial charge on any atom is -0.247 e. The van der Waals surface area contributed by atoms with Crippen molar-refractivity contribution in [2.75, 3.05) is 0 Å². The van der Waals surface area contributed by atoms with Crippen LogP contribution in [0.4, 0.5) is 0 Å². The van der Waals surface area contributed by atoms with Crippen molar-refractivity contribution in [2.24, 2.45) is 0 Å². The molecule has 0 aliphatic heterocycles. The maximum Gasteiger partial charge on any atom is 0.0788 e. The summed E-state index contributed by atoms with van der Waals surface area (Å²) in [6.07, 6.45) is 0. The molecule has 1 aromatic heterocycles. The maximum absolute atomic E-state index is 5.15. The summed E-state index contributed by atoms with van der Waals surface area (Å²) in [5.41, 5.74) is 3.19. The number of aromatic nitrogens is 1. The van der Waals surface area contributed by atoms with Gasteiger partial charge in [-0.05, 0) is 39.7 Å². The third-order valence-electron chi connectivity index (χ3n) is 5.66. The summed E-state index contributed by atoms with van der Waals surface area (Å²) in [7, 11) is 0. The van der Waals surface area contributed by atoms with Gasteiger partial charge in [0.2, 0.25) is 0 Å². The standard InChI is InChI=1S/C27H16BrN/c28-24-16-23-26(21-13-7-6-12-20(21)24)22-14-18-10-4-5-11-19(18)15-25(22)29-27(23)17-8-2-1-3-9-17/h1-16H. The average molecular weight is 434 g/mol. The predicted molar refractivity (Wildman–Crippen MR) is 127 cm³/mol. The van der Waals surface area contributed by atoms with Gasteiger partial charge in [0.25, 0.3) is 0 Å². The molecule has 5 aromatic carbocycles. The summed E-state index contributed by atoms with van der Waals surface area (Å²) in [5.74, 6) is 0. The largest absolute Gasteiger partial charge is 0.247 e. The first-order chi connectivity index (χ1) is 14.3. The van der Waals surface area contributed by atoms with E-state index in [-0.39, 0.29) is 0 Å². The van der Waals surface area contributed by atoms with Crippen LogP contribution in [0, 0.1) is 0 Å². The van der Waals surface area contributed by atoms with Crippen LogP contribution >= 0.6 is 15.9 Å². The molecule has 6 aromatic rings. The zero-order chi connectivity index (χ0) is 19.4. The molecular weight excluding hydrogens is 418 g/mol. The van der Waals surface area contributed by atoms with Crippen molar-refractivity contribution in [1.29, 1.82) is 0 Å². The Morgan fingerprint density at radius 2 is 1.21 bits per heavy atom. The minimum absolute atomic E-state index is 1.02. The first-order valence-electron chi connectivity index (χ1n) is 9.68. The number of halogens is 1. The van der Waals surface area contributed by atoms with E-state index in [1.807, 2.05) is 6.07 Å². The molecule has 29 heavy (non-hydrogen) atoms. The van der Waals surface area contributed by atoms with E-state index in [2.05, 4.69) is 107 Å². The fraction of sp³-hybridized carbons (Fsp3) is 0. The lowest BCUT2D eigenvalue weighted by molar-refractivity contribution is 1.43. The Morgan fingerprint density at radius 1 is 0.552 bits per heavy atom. The van der Waals surface area contributed by atoms with Gasteiger partial charge in [-0.1, -0.05) is 94.8 Å². The molecule has 1 nitrogen and oxygen atoms in total. The molecule has 0 aliphatic rings. The predicted octanol–water partition coefficient (Wildman–Crippen LogP) is 8.12. The van der Waals surface area contributed by atoms with E-state index in [0.29, 0.717) is 0 Å². The van der Waals surface area contributed by atoms with Gasteiger partial charge in [0.15, 0.2) is 0 Å². The normalized spacial score (nSPS) is 11.6. The van der Waals surface area contributed by atoms with Crippen LogP contribution in [0.15, 0.2) is 102 Å². The van der Waals surface area contributed by atoms with E-state index in [4.69, 9.17) is 4.98 Å². The second-order valence-electron chi connectivity index (χ2n) is 7.37. The zero-order valence-corrected chi connectivity index (χ0v) is 17.1. The lowest BCUT2D eigenvalue weighted by atomic mass is 9.94. The van der Waals surface area contributed by atoms with Crippen molar-refractivity contribution in [3.63, 3.8) is 0 Å². The fourth-order valence-corrected chi connectivity index (χ4v) is 4.90. The van der Waals surface area contributed by atoms with Crippen LogP contribution in [0.5, 0.6) is 0 Å². The Balaban J connectivity index is 1.91. The topological polar surface area (TPSA) is 12.9 Å². The number of benzene rings is 5.